The zero-order valence-electron chi connectivity index (χ0n) is 13.1. The minimum atomic E-state index is -2.82. The fourth-order valence-corrected chi connectivity index (χ4v) is 5.12. The maximum absolute atomic E-state index is 11.4. The minimum Gasteiger partial charge on any atom is -0.356 e. The van der Waals surface area contributed by atoms with Gasteiger partial charge in [-0.15, -0.1) is 11.8 Å². The van der Waals surface area contributed by atoms with E-state index < -0.39 is 9.84 Å². The summed E-state index contributed by atoms with van der Waals surface area (Å²) in [5, 5.41) is 7.18. The first-order chi connectivity index (χ1) is 11.0. The maximum Gasteiger partial charge on any atom is 0.191 e. The number of nitrogens with zero attached hydrogens (tertiary/aromatic N) is 1. The Morgan fingerprint density at radius 2 is 2.09 bits per heavy atom. The van der Waals surface area contributed by atoms with Crippen LogP contribution in [0.5, 0.6) is 0 Å². The van der Waals surface area contributed by atoms with Crippen molar-refractivity contribution in [1.29, 1.82) is 0 Å². The summed E-state index contributed by atoms with van der Waals surface area (Å²) < 4.78 is 22.9. The Kier molecular flexibility index (Phi) is 7.05. The quantitative estimate of drug-likeness (QED) is 0.344. The number of halogens is 1. The van der Waals surface area contributed by atoms with E-state index in [4.69, 9.17) is 11.6 Å². The molecule has 1 aliphatic heterocycles. The number of thioether (sulfide) groups is 1. The topological polar surface area (TPSA) is 70.6 Å². The molecular formula is C15H22ClN3O2S2. The number of aliphatic imine (C=N–C) groups is 1. The molecule has 0 saturated carbocycles. The van der Waals surface area contributed by atoms with E-state index in [0.29, 0.717) is 18.3 Å². The second kappa shape index (κ2) is 8.80. The number of nitrogens with one attached hydrogen (secondary N) is 2. The van der Waals surface area contributed by atoms with E-state index in [1.165, 1.54) is 4.90 Å². The lowest BCUT2D eigenvalue weighted by atomic mass is 10.1. The van der Waals surface area contributed by atoms with Crippen LogP contribution in [0.2, 0.25) is 5.02 Å². The molecule has 5 nitrogen and oxygen atoms in total. The summed E-state index contributed by atoms with van der Waals surface area (Å²) in [7, 11) is -1.10. The predicted molar refractivity (Wildman–Crippen MR) is 98.3 cm³/mol. The van der Waals surface area contributed by atoms with Crippen molar-refractivity contribution in [1.82, 2.24) is 10.6 Å². The second-order valence-electron chi connectivity index (χ2n) is 5.45. The molecule has 1 unspecified atom stereocenters. The molecule has 1 atom stereocenters. The van der Waals surface area contributed by atoms with Gasteiger partial charge >= 0.3 is 0 Å². The molecule has 1 saturated heterocycles. The molecule has 2 rings (SSSR count). The zero-order chi connectivity index (χ0) is 16.7. The average molecular weight is 376 g/mol. The van der Waals surface area contributed by atoms with Crippen LogP contribution in [0.4, 0.5) is 0 Å². The Morgan fingerprint density at radius 1 is 1.35 bits per heavy atom. The molecule has 1 fully saturated rings. The third kappa shape index (κ3) is 6.61. The maximum atomic E-state index is 11.4. The van der Waals surface area contributed by atoms with Crippen molar-refractivity contribution in [2.75, 3.05) is 37.4 Å². The Bertz CT molecular complexity index is 633. The molecule has 0 aliphatic carbocycles. The first-order valence-corrected chi connectivity index (χ1v) is 10.7. The first-order valence-electron chi connectivity index (χ1n) is 7.52. The largest absolute Gasteiger partial charge is 0.356 e. The summed E-state index contributed by atoms with van der Waals surface area (Å²) in [5.41, 5.74) is 0. The van der Waals surface area contributed by atoms with E-state index >= 15 is 0 Å². The van der Waals surface area contributed by atoms with Crippen molar-refractivity contribution in [2.45, 2.75) is 11.3 Å². The molecule has 128 valence electrons. The van der Waals surface area contributed by atoms with E-state index in [-0.39, 0.29) is 11.7 Å². The number of hydrogen-bond donors (Lipinski definition) is 2. The lowest BCUT2D eigenvalue weighted by Gasteiger charge is -2.14. The minimum absolute atomic E-state index is 0.182. The first kappa shape index (κ1) is 18.4. The van der Waals surface area contributed by atoms with E-state index in [9.17, 15) is 8.42 Å². The highest BCUT2D eigenvalue weighted by atomic mass is 35.5. The lowest BCUT2D eigenvalue weighted by molar-refractivity contribution is 0.568. The van der Waals surface area contributed by atoms with Crippen molar-refractivity contribution < 1.29 is 8.42 Å². The van der Waals surface area contributed by atoms with Gasteiger partial charge in [-0.25, -0.2) is 8.42 Å². The highest BCUT2D eigenvalue weighted by Gasteiger charge is 2.27. The van der Waals surface area contributed by atoms with Gasteiger partial charge in [0.25, 0.3) is 0 Å². The van der Waals surface area contributed by atoms with Crippen LogP contribution in [0.15, 0.2) is 34.2 Å². The van der Waals surface area contributed by atoms with Crippen LogP contribution in [-0.2, 0) is 9.84 Å². The van der Waals surface area contributed by atoms with Gasteiger partial charge in [-0.05, 0) is 36.6 Å². The van der Waals surface area contributed by atoms with Crippen LogP contribution in [-0.4, -0.2) is 51.8 Å². The van der Waals surface area contributed by atoms with Gasteiger partial charge in [0.05, 0.1) is 11.5 Å². The van der Waals surface area contributed by atoms with Gasteiger partial charge in [-0.1, -0.05) is 11.6 Å². The van der Waals surface area contributed by atoms with Gasteiger partial charge < -0.3 is 10.6 Å². The van der Waals surface area contributed by atoms with Crippen molar-refractivity contribution in [3.8, 4) is 0 Å². The van der Waals surface area contributed by atoms with E-state index in [1.54, 1.807) is 18.8 Å². The van der Waals surface area contributed by atoms with E-state index in [2.05, 4.69) is 15.6 Å². The Morgan fingerprint density at radius 3 is 2.70 bits per heavy atom. The van der Waals surface area contributed by atoms with Gasteiger partial charge in [0.15, 0.2) is 15.8 Å². The van der Waals surface area contributed by atoms with Gasteiger partial charge in [0, 0.05) is 35.8 Å². The molecule has 1 aliphatic rings. The molecule has 0 amide bonds. The summed E-state index contributed by atoms with van der Waals surface area (Å²) in [4.78, 5) is 5.34. The third-order valence-electron chi connectivity index (χ3n) is 3.59. The number of rotatable bonds is 6. The van der Waals surface area contributed by atoms with Crippen LogP contribution >= 0.6 is 23.4 Å². The highest BCUT2D eigenvalue weighted by molar-refractivity contribution is 7.99. The summed E-state index contributed by atoms with van der Waals surface area (Å²) >= 11 is 7.60. The number of sulfone groups is 1. The number of benzene rings is 1. The molecule has 23 heavy (non-hydrogen) atoms. The zero-order valence-corrected chi connectivity index (χ0v) is 15.5. The van der Waals surface area contributed by atoms with Gasteiger partial charge in [-0.3, -0.25) is 4.99 Å². The van der Waals surface area contributed by atoms with E-state index in [0.717, 1.165) is 23.7 Å². The monoisotopic (exact) mass is 375 g/mol. The van der Waals surface area contributed by atoms with Crippen molar-refractivity contribution in [2.24, 2.45) is 10.9 Å². The normalized spacial score (nSPS) is 20.4. The molecule has 0 bridgehead atoms. The SMILES string of the molecule is CN=C(NCCSc1ccc(Cl)cc1)NCC1CCS(=O)(=O)C1. The predicted octanol–water partition coefficient (Wildman–Crippen LogP) is 2.03. The molecule has 1 aromatic carbocycles. The molecule has 0 aromatic heterocycles. The van der Waals surface area contributed by atoms with E-state index in [1.807, 2.05) is 24.3 Å². The van der Waals surface area contributed by atoms with Gasteiger partial charge in [-0.2, -0.15) is 0 Å². The van der Waals surface area contributed by atoms with Gasteiger partial charge in [0.1, 0.15) is 0 Å². The molecule has 2 N–H and O–H groups in total. The Hall–Kier alpha value is -0.920. The van der Waals surface area contributed by atoms with Crippen molar-refractivity contribution in [3.05, 3.63) is 29.3 Å². The summed E-state index contributed by atoms with van der Waals surface area (Å²) in [6.07, 6.45) is 0.735. The standard InChI is InChI=1S/C15H22ClN3O2S2/c1-17-15(19-10-12-6-9-23(20,21)11-12)18-7-8-22-14-4-2-13(16)3-5-14/h2-5,12H,6-11H2,1H3,(H2,17,18,19). The fraction of sp³-hybridized carbons (Fsp3) is 0.533. The highest BCUT2D eigenvalue weighted by Crippen LogP contribution is 2.19. The summed E-state index contributed by atoms with van der Waals surface area (Å²) in [5.74, 6) is 2.39. The number of guanidine groups is 1. The van der Waals surface area contributed by atoms with Crippen LogP contribution in [0, 0.1) is 5.92 Å². The van der Waals surface area contributed by atoms with Gasteiger partial charge in [0.2, 0.25) is 0 Å². The number of hydrogen-bond acceptors (Lipinski definition) is 4. The molecule has 1 heterocycles. The Labute approximate surface area is 147 Å². The summed E-state index contributed by atoms with van der Waals surface area (Å²) in [6, 6.07) is 7.77. The molecule has 1 aromatic rings. The van der Waals surface area contributed by atoms with Crippen LogP contribution in [0.1, 0.15) is 6.42 Å². The average Bonchev–Trinajstić information content (AvgIpc) is 2.87. The molecule has 8 heteroatoms. The fourth-order valence-electron chi connectivity index (χ4n) is 2.36. The van der Waals surface area contributed by atoms with Crippen molar-refractivity contribution in [3.63, 3.8) is 0 Å². The van der Waals surface area contributed by atoms with Crippen LogP contribution in [0.25, 0.3) is 0 Å². The van der Waals surface area contributed by atoms with Crippen LogP contribution in [0.3, 0.4) is 0 Å². The Balaban J connectivity index is 1.64. The molecule has 0 radical (unpaired) electrons. The third-order valence-corrected chi connectivity index (χ3v) is 6.69. The lowest BCUT2D eigenvalue weighted by Crippen LogP contribution is -2.40. The van der Waals surface area contributed by atoms with Crippen LogP contribution < -0.4 is 10.6 Å². The smallest absolute Gasteiger partial charge is 0.191 e. The molecule has 0 spiro atoms. The van der Waals surface area contributed by atoms with Crippen molar-refractivity contribution >= 4 is 39.2 Å². The molecular weight excluding hydrogens is 354 g/mol. The second-order valence-corrected chi connectivity index (χ2v) is 9.28. The summed E-state index contributed by atoms with van der Waals surface area (Å²) in [6.45, 7) is 1.42.